The number of aliphatic hydroxyl groups is 1. The van der Waals surface area contributed by atoms with Crippen molar-refractivity contribution in [2.24, 2.45) is 12.5 Å². The Morgan fingerprint density at radius 3 is 2.50 bits per heavy atom. The lowest BCUT2D eigenvalue weighted by atomic mass is 9.90. The van der Waals surface area contributed by atoms with Gasteiger partial charge in [0.05, 0.1) is 24.2 Å². The van der Waals surface area contributed by atoms with E-state index in [0.717, 1.165) is 74.6 Å². The van der Waals surface area contributed by atoms with Crippen LogP contribution in [0.1, 0.15) is 48.1 Å². The summed E-state index contributed by atoms with van der Waals surface area (Å²) >= 11 is 0. The number of anilines is 4. The number of aliphatic hydroxyl groups excluding tert-OH is 1. The number of benzene rings is 1. The molecule has 1 saturated heterocycles. The number of rotatable bonds is 7. The second kappa shape index (κ2) is 11.7. The molecule has 1 amide bonds. The largest absolute Gasteiger partial charge is 0.392 e. The third-order valence-corrected chi connectivity index (χ3v) is 9.91. The highest BCUT2D eigenvalue weighted by Crippen LogP contribution is 2.40. The number of piperazine rings is 1. The van der Waals surface area contributed by atoms with E-state index in [4.69, 9.17) is 0 Å². The average Bonchev–Trinajstić information content (AvgIpc) is 3.55. The molecule has 1 aliphatic carbocycles. The summed E-state index contributed by atoms with van der Waals surface area (Å²) in [6.45, 7) is 12.8. The Morgan fingerprint density at radius 2 is 1.78 bits per heavy atom. The summed E-state index contributed by atoms with van der Waals surface area (Å²) in [5.41, 5.74) is 7.64. The maximum absolute atomic E-state index is 13.9. The highest BCUT2D eigenvalue weighted by Gasteiger charge is 2.37. The van der Waals surface area contributed by atoms with Crippen molar-refractivity contribution in [1.82, 2.24) is 19.0 Å². The minimum atomic E-state index is -0.248. The number of likely N-dealkylation sites (N-methyl/N-ethyl adjacent to an activating group) is 1. The van der Waals surface area contributed by atoms with Crippen LogP contribution in [0.15, 0.2) is 59.7 Å². The molecule has 0 unspecified atom stereocenters. The van der Waals surface area contributed by atoms with Crippen LogP contribution < -0.4 is 20.7 Å². The van der Waals surface area contributed by atoms with Crippen LogP contribution in [-0.4, -0.2) is 69.3 Å². The van der Waals surface area contributed by atoms with Gasteiger partial charge in [-0.15, -0.1) is 0 Å². The molecule has 0 radical (unpaired) electrons. The van der Waals surface area contributed by atoms with Crippen LogP contribution in [-0.2, 0) is 33.0 Å². The SMILES string of the molecule is CCN1CCN(c2ccc(Nc3cc(-c4cccc(N5CCn6c(cc7c6CC(C)(C)C7)C5=O)c4CO)cn(C)c3=O)nc2)CC1. The second-order valence-electron chi connectivity index (χ2n) is 13.6. The zero-order valence-corrected chi connectivity index (χ0v) is 27.2. The van der Waals surface area contributed by atoms with Gasteiger partial charge in [-0.05, 0) is 66.3 Å². The number of nitrogens with zero attached hydrogens (tertiary/aromatic N) is 6. The summed E-state index contributed by atoms with van der Waals surface area (Å²) in [6, 6.07) is 13.6. The first kappa shape index (κ1) is 30.3. The van der Waals surface area contributed by atoms with Crippen molar-refractivity contribution in [3.63, 3.8) is 0 Å². The standard InChI is InChI=1S/C36H43N7O3/c1-5-40-11-13-41(14-12-40)26-9-10-33(37-21-26)38-29-17-25(22-39(4)34(29)45)27-7-6-8-30(28(27)23-44)43-16-15-42-31(35(43)46)18-24-19-36(2,3)20-32(24)42/h6-10,17-18,21-22,44H,5,11-16,19-20,23H2,1-4H3,(H,37,38). The zero-order chi connectivity index (χ0) is 32.2. The van der Waals surface area contributed by atoms with Gasteiger partial charge >= 0.3 is 0 Å². The van der Waals surface area contributed by atoms with Gasteiger partial charge in [-0.3, -0.25) is 9.59 Å². The fourth-order valence-corrected chi connectivity index (χ4v) is 7.46. The first-order valence-electron chi connectivity index (χ1n) is 16.3. The monoisotopic (exact) mass is 621 g/mol. The summed E-state index contributed by atoms with van der Waals surface area (Å²) < 4.78 is 3.73. The summed E-state index contributed by atoms with van der Waals surface area (Å²) in [7, 11) is 1.72. The molecule has 0 bridgehead atoms. The minimum absolute atomic E-state index is 0.0464. The lowest BCUT2D eigenvalue weighted by Gasteiger charge is -2.35. The summed E-state index contributed by atoms with van der Waals surface area (Å²) in [5.74, 6) is 0.536. The molecule has 0 saturated carbocycles. The Hall–Kier alpha value is -4.41. The molecule has 3 aromatic heterocycles. The maximum Gasteiger partial charge on any atom is 0.274 e. The number of aryl methyl sites for hydroxylation is 1. The lowest BCUT2D eigenvalue weighted by molar-refractivity contribution is 0.0963. The van der Waals surface area contributed by atoms with E-state index in [2.05, 4.69) is 51.5 Å². The number of carbonyl (C=O) groups excluding carboxylic acids is 1. The number of aromatic nitrogens is 3. The van der Waals surface area contributed by atoms with Crippen molar-refractivity contribution in [3.8, 4) is 11.1 Å². The van der Waals surface area contributed by atoms with Crippen LogP contribution in [0, 0.1) is 5.41 Å². The van der Waals surface area contributed by atoms with Gasteiger partial charge in [0.25, 0.3) is 11.5 Å². The van der Waals surface area contributed by atoms with Crippen LogP contribution >= 0.6 is 0 Å². The van der Waals surface area contributed by atoms with Crippen molar-refractivity contribution in [1.29, 1.82) is 0 Å². The third-order valence-electron chi connectivity index (χ3n) is 9.91. The fraction of sp³-hybridized carbons (Fsp3) is 0.417. The molecule has 4 aromatic rings. The summed E-state index contributed by atoms with van der Waals surface area (Å²) in [4.78, 5) is 38.3. The van der Waals surface area contributed by atoms with Crippen molar-refractivity contribution in [2.75, 3.05) is 54.4 Å². The summed E-state index contributed by atoms with van der Waals surface area (Å²) in [6.07, 6.45) is 5.58. The van der Waals surface area contributed by atoms with Gasteiger partial charge < -0.3 is 34.3 Å². The van der Waals surface area contributed by atoms with Gasteiger partial charge in [0, 0.05) is 69.3 Å². The first-order valence-corrected chi connectivity index (χ1v) is 16.3. The van der Waals surface area contributed by atoms with Crippen LogP contribution in [0.2, 0.25) is 0 Å². The number of carbonyl (C=O) groups is 1. The molecule has 46 heavy (non-hydrogen) atoms. The normalized spacial score (nSPS) is 17.7. The maximum atomic E-state index is 13.9. The van der Waals surface area contributed by atoms with E-state index < -0.39 is 0 Å². The molecule has 0 atom stereocenters. The van der Waals surface area contributed by atoms with Crippen molar-refractivity contribution < 1.29 is 9.90 Å². The summed E-state index contributed by atoms with van der Waals surface area (Å²) in [5, 5.41) is 13.9. The quantitative estimate of drug-likeness (QED) is 0.316. The predicted octanol–water partition coefficient (Wildman–Crippen LogP) is 4.41. The number of nitrogens with one attached hydrogen (secondary N) is 1. The molecule has 10 nitrogen and oxygen atoms in total. The Labute approximate surface area is 269 Å². The Kier molecular flexibility index (Phi) is 7.73. The minimum Gasteiger partial charge on any atom is -0.392 e. The molecular formula is C36H43N7O3. The van der Waals surface area contributed by atoms with E-state index in [0.29, 0.717) is 29.3 Å². The molecule has 10 heteroatoms. The van der Waals surface area contributed by atoms with E-state index in [1.165, 1.54) is 15.8 Å². The predicted molar refractivity (Wildman–Crippen MR) is 182 cm³/mol. The average molecular weight is 622 g/mol. The number of pyridine rings is 2. The zero-order valence-electron chi connectivity index (χ0n) is 27.2. The molecule has 1 aromatic carbocycles. The van der Waals surface area contributed by atoms with Crippen molar-refractivity contribution in [3.05, 3.63) is 87.7 Å². The van der Waals surface area contributed by atoms with Crippen LogP contribution in [0.4, 0.5) is 22.9 Å². The number of amides is 1. The Morgan fingerprint density at radius 1 is 0.978 bits per heavy atom. The highest BCUT2D eigenvalue weighted by molar-refractivity contribution is 6.07. The van der Waals surface area contributed by atoms with Crippen LogP contribution in [0.25, 0.3) is 11.1 Å². The van der Waals surface area contributed by atoms with Gasteiger partial charge in [0.1, 0.15) is 17.2 Å². The smallest absolute Gasteiger partial charge is 0.274 e. The number of hydrogen-bond donors (Lipinski definition) is 2. The number of fused-ring (bicyclic) bond motifs is 3. The molecule has 5 heterocycles. The first-order chi connectivity index (χ1) is 22.2. The van der Waals surface area contributed by atoms with Gasteiger partial charge in [-0.1, -0.05) is 32.9 Å². The van der Waals surface area contributed by atoms with Crippen molar-refractivity contribution >= 4 is 28.8 Å². The molecular weight excluding hydrogens is 578 g/mol. The van der Waals surface area contributed by atoms with E-state index in [9.17, 15) is 14.7 Å². The fourth-order valence-electron chi connectivity index (χ4n) is 7.46. The van der Waals surface area contributed by atoms with E-state index in [1.54, 1.807) is 24.2 Å². The molecule has 1 fully saturated rings. The molecule has 3 aliphatic rings. The number of hydrogen-bond acceptors (Lipinski definition) is 7. The van der Waals surface area contributed by atoms with E-state index >= 15 is 0 Å². The van der Waals surface area contributed by atoms with E-state index in [-0.39, 0.29) is 23.5 Å². The van der Waals surface area contributed by atoms with Crippen molar-refractivity contribution in [2.45, 2.75) is 46.8 Å². The van der Waals surface area contributed by atoms with Gasteiger partial charge in [0.2, 0.25) is 0 Å². The molecule has 7 rings (SSSR count). The van der Waals surface area contributed by atoms with Gasteiger partial charge in [-0.25, -0.2) is 4.98 Å². The molecule has 240 valence electrons. The van der Waals surface area contributed by atoms with Crippen LogP contribution in [0.5, 0.6) is 0 Å². The topological polar surface area (TPSA) is 98.9 Å². The third kappa shape index (κ3) is 5.39. The van der Waals surface area contributed by atoms with Gasteiger partial charge in [-0.2, -0.15) is 0 Å². The highest BCUT2D eigenvalue weighted by atomic mass is 16.3. The second-order valence-corrected chi connectivity index (χ2v) is 13.6. The molecule has 2 N–H and O–H groups in total. The molecule has 2 aliphatic heterocycles. The van der Waals surface area contributed by atoms with E-state index in [1.807, 2.05) is 36.5 Å². The Balaban J connectivity index is 1.15. The Bertz CT molecular complexity index is 1850. The van der Waals surface area contributed by atoms with Crippen LogP contribution in [0.3, 0.4) is 0 Å². The molecule has 0 spiro atoms. The van der Waals surface area contributed by atoms with Gasteiger partial charge in [0.15, 0.2) is 0 Å². The lowest BCUT2D eigenvalue weighted by Crippen LogP contribution is -2.46.